The summed E-state index contributed by atoms with van der Waals surface area (Å²) in [7, 11) is 1.12. The van der Waals surface area contributed by atoms with Gasteiger partial charge in [0, 0.05) is 6.54 Å². The first kappa shape index (κ1) is 17.7. The zero-order chi connectivity index (χ0) is 15.2. The molecule has 1 amide bonds. The van der Waals surface area contributed by atoms with Gasteiger partial charge in [0.05, 0.1) is 19.6 Å². The van der Waals surface area contributed by atoms with E-state index in [2.05, 4.69) is 4.74 Å². The predicted molar refractivity (Wildman–Crippen MR) is 62.1 cm³/mol. The molecular weight excluding hydrogens is 265 g/mol. The summed E-state index contributed by atoms with van der Waals surface area (Å²) in [5, 5.41) is 0. The van der Waals surface area contributed by atoms with Crippen LogP contribution in [0.3, 0.4) is 0 Å². The van der Waals surface area contributed by atoms with Crippen LogP contribution in [0.4, 0.5) is 13.2 Å². The summed E-state index contributed by atoms with van der Waals surface area (Å²) >= 11 is 0. The average molecular weight is 284 g/mol. The maximum absolute atomic E-state index is 12.4. The Kier molecular flexibility index (Phi) is 6.82. The van der Waals surface area contributed by atoms with Crippen LogP contribution >= 0.6 is 0 Å². The minimum atomic E-state index is -4.54. The van der Waals surface area contributed by atoms with Crippen molar-refractivity contribution in [3.8, 4) is 0 Å². The smallest absolute Gasteiger partial charge is 0.406 e. The van der Waals surface area contributed by atoms with Crippen LogP contribution in [0.25, 0.3) is 0 Å². The molecule has 0 aliphatic rings. The van der Waals surface area contributed by atoms with E-state index >= 15 is 0 Å². The highest BCUT2D eigenvalue weighted by Crippen LogP contribution is 2.18. The van der Waals surface area contributed by atoms with Gasteiger partial charge in [-0.05, 0) is 5.92 Å². The molecule has 0 aliphatic heterocycles. The molecule has 0 aliphatic carbocycles. The molecule has 0 aromatic rings. The standard InChI is InChI=1S/C11H19F3N2O3/c1-7(2)9(15)10(18)16(6-11(12,13)14)5-4-8(17)19-3/h7,9H,4-6,15H2,1-3H3/t9-/m0/s1. The minimum absolute atomic E-state index is 0.290. The van der Waals surface area contributed by atoms with Gasteiger partial charge in [-0.15, -0.1) is 0 Å². The van der Waals surface area contributed by atoms with Gasteiger partial charge in [-0.1, -0.05) is 13.8 Å². The van der Waals surface area contributed by atoms with Gasteiger partial charge in [0.15, 0.2) is 0 Å². The van der Waals surface area contributed by atoms with Crippen molar-refractivity contribution in [1.29, 1.82) is 0 Å². The Labute approximate surface area is 109 Å². The van der Waals surface area contributed by atoms with E-state index in [1.54, 1.807) is 13.8 Å². The summed E-state index contributed by atoms with van der Waals surface area (Å²) in [5.74, 6) is -1.80. The molecule has 1 atom stereocenters. The van der Waals surface area contributed by atoms with Crippen molar-refractivity contribution < 1.29 is 27.5 Å². The normalized spacial score (nSPS) is 13.3. The van der Waals surface area contributed by atoms with Crippen molar-refractivity contribution >= 4 is 11.9 Å². The molecule has 0 bridgehead atoms. The van der Waals surface area contributed by atoms with Crippen molar-refractivity contribution in [2.75, 3.05) is 20.2 Å². The number of nitrogens with zero attached hydrogens (tertiary/aromatic N) is 1. The number of carbonyl (C=O) groups is 2. The van der Waals surface area contributed by atoms with Crippen LogP contribution < -0.4 is 5.73 Å². The van der Waals surface area contributed by atoms with Crippen molar-refractivity contribution in [2.45, 2.75) is 32.5 Å². The van der Waals surface area contributed by atoms with E-state index in [0.717, 1.165) is 7.11 Å². The molecule has 19 heavy (non-hydrogen) atoms. The van der Waals surface area contributed by atoms with Gasteiger partial charge in [-0.25, -0.2) is 0 Å². The Morgan fingerprint density at radius 2 is 1.84 bits per heavy atom. The zero-order valence-electron chi connectivity index (χ0n) is 11.2. The van der Waals surface area contributed by atoms with E-state index in [0.29, 0.717) is 4.90 Å². The van der Waals surface area contributed by atoms with Gasteiger partial charge in [-0.2, -0.15) is 13.2 Å². The Bertz CT molecular complexity index is 319. The van der Waals surface area contributed by atoms with Gasteiger partial charge in [0.2, 0.25) is 5.91 Å². The molecule has 0 spiro atoms. The largest absolute Gasteiger partial charge is 0.469 e. The van der Waals surface area contributed by atoms with Crippen molar-refractivity contribution in [2.24, 2.45) is 11.7 Å². The van der Waals surface area contributed by atoms with Crippen LogP contribution in [-0.4, -0.2) is 49.2 Å². The lowest BCUT2D eigenvalue weighted by atomic mass is 10.0. The van der Waals surface area contributed by atoms with E-state index in [1.165, 1.54) is 0 Å². The highest BCUT2D eigenvalue weighted by atomic mass is 19.4. The first-order valence-corrected chi connectivity index (χ1v) is 5.76. The lowest BCUT2D eigenvalue weighted by Gasteiger charge is -2.27. The summed E-state index contributed by atoms with van der Waals surface area (Å²) in [6.45, 7) is 1.47. The van der Waals surface area contributed by atoms with E-state index < -0.39 is 30.6 Å². The summed E-state index contributed by atoms with van der Waals surface area (Å²) in [4.78, 5) is 23.3. The first-order chi connectivity index (χ1) is 8.58. The average Bonchev–Trinajstić information content (AvgIpc) is 2.30. The second kappa shape index (κ2) is 7.32. The van der Waals surface area contributed by atoms with Crippen LogP contribution in [0.2, 0.25) is 0 Å². The van der Waals surface area contributed by atoms with Crippen LogP contribution in [0.5, 0.6) is 0 Å². The molecule has 0 aromatic heterocycles. The lowest BCUT2D eigenvalue weighted by molar-refractivity contribution is -0.164. The number of alkyl halides is 3. The third kappa shape index (κ3) is 7.00. The second-order valence-corrected chi connectivity index (χ2v) is 4.47. The van der Waals surface area contributed by atoms with E-state index in [-0.39, 0.29) is 18.9 Å². The van der Waals surface area contributed by atoms with Crippen molar-refractivity contribution in [1.82, 2.24) is 4.90 Å². The number of esters is 1. The van der Waals surface area contributed by atoms with Gasteiger partial charge < -0.3 is 15.4 Å². The maximum atomic E-state index is 12.4. The van der Waals surface area contributed by atoms with Crippen LogP contribution in [0.1, 0.15) is 20.3 Å². The lowest BCUT2D eigenvalue weighted by Crippen LogP contribution is -2.50. The fraction of sp³-hybridized carbons (Fsp3) is 0.818. The monoisotopic (exact) mass is 284 g/mol. The third-order valence-corrected chi connectivity index (χ3v) is 2.50. The molecular formula is C11H19F3N2O3. The quantitative estimate of drug-likeness (QED) is 0.736. The topological polar surface area (TPSA) is 72.6 Å². The molecule has 0 aromatic carbocycles. The highest BCUT2D eigenvalue weighted by Gasteiger charge is 2.35. The molecule has 0 unspecified atom stereocenters. The SMILES string of the molecule is COC(=O)CCN(CC(F)(F)F)C(=O)[C@@H](N)C(C)C. The fourth-order valence-corrected chi connectivity index (χ4v) is 1.31. The van der Waals surface area contributed by atoms with Crippen molar-refractivity contribution in [3.05, 3.63) is 0 Å². The molecule has 0 rings (SSSR count). The number of ether oxygens (including phenoxy) is 1. The number of hydrogen-bond donors (Lipinski definition) is 1. The second-order valence-electron chi connectivity index (χ2n) is 4.47. The van der Waals surface area contributed by atoms with Gasteiger partial charge in [0.1, 0.15) is 6.54 Å². The molecule has 0 heterocycles. The predicted octanol–water partition coefficient (Wildman–Crippen LogP) is 0.924. The van der Waals surface area contributed by atoms with E-state index in [9.17, 15) is 22.8 Å². The molecule has 8 heteroatoms. The minimum Gasteiger partial charge on any atom is -0.469 e. The Hall–Kier alpha value is -1.31. The molecule has 112 valence electrons. The number of halogens is 3. The third-order valence-electron chi connectivity index (χ3n) is 2.50. The molecule has 0 saturated carbocycles. The summed E-state index contributed by atoms with van der Waals surface area (Å²) in [6, 6.07) is -1.03. The summed E-state index contributed by atoms with van der Waals surface area (Å²) < 4.78 is 41.5. The highest BCUT2D eigenvalue weighted by molar-refractivity contribution is 5.82. The Morgan fingerprint density at radius 1 is 1.32 bits per heavy atom. The first-order valence-electron chi connectivity index (χ1n) is 5.76. The van der Waals surface area contributed by atoms with Crippen LogP contribution in [0, 0.1) is 5.92 Å². The fourth-order valence-electron chi connectivity index (χ4n) is 1.31. The summed E-state index contributed by atoms with van der Waals surface area (Å²) in [6.07, 6.45) is -4.84. The number of rotatable bonds is 6. The number of amides is 1. The summed E-state index contributed by atoms with van der Waals surface area (Å²) in [5.41, 5.74) is 5.54. The number of carbonyl (C=O) groups excluding carboxylic acids is 2. The van der Waals surface area contributed by atoms with Crippen LogP contribution in [0.15, 0.2) is 0 Å². The molecule has 0 radical (unpaired) electrons. The molecule has 2 N–H and O–H groups in total. The van der Waals surface area contributed by atoms with Gasteiger partial charge in [-0.3, -0.25) is 9.59 Å². The van der Waals surface area contributed by atoms with Gasteiger partial charge >= 0.3 is 12.1 Å². The molecule has 5 nitrogen and oxygen atoms in total. The number of hydrogen-bond acceptors (Lipinski definition) is 4. The van der Waals surface area contributed by atoms with Crippen LogP contribution in [-0.2, 0) is 14.3 Å². The van der Waals surface area contributed by atoms with Crippen molar-refractivity contribution in [3.63, 3.8) is 0 Å². The number of nitrogens with two attached hydrogens (primary N) is 1. The Morgan fingerprint density at radius 3 is 2.21 bits per heavy atom. The Balaban J connectivity index is 4.75. The van der Waals surface area contributed by atoms with Gasteiger partial charge in [0.25, 0.3) is 0 Å². The maximum Gasteiger partial charge on any atom is 0.406 e. The number of methoxy groups -OCH3 is 1. The van der Waals surface area contributed by atoms with E-state index in [4.69, 9.17) is 5.73 Å². The molecule has 0 saturated heterocycles. The molecule has 0 fully saturated rings. The van der Waals surface area contributed by atoms with E-state index in [1.807, 2.05) is 0 Å². The zero-order valence-corrected chi connectivity index (χ0v) is 11.2.